The van der Waals surface area contributed by atoms with E-state index >= 15 is 0 Å². The molecule has 162 valence electrons. The molecule has 0 radical (unpaired) electrons. The SMILES string of the molecule is CCCCCN1CCN(c2ccc(N=Nc3cnc(OCCCC)nc3)cc2)CC1. The second kappa shape index (κ2) is 12.2. The molecule has 1 aliphatic rings. The van der Waals surface area contributed by atoms with Crippen molar-refractivity contribution in [1.29, 1.82) is 0 Å². The van der Waals surface area contributed by atoms with Crippen molar-refractivity contribution in [2.24, 2.45) is 10.2 Å². The van der Waals surface area contributed by atoms with E-state index in [1.807, 2.05) is 12.1 Å². The zero-order chi connectivity index (χ0) is 21.0. The molecule has 0 spiro atoms. The highest BCUT2D eigenvalue weighted by Crippen LogP contribution is 2.23. The summed E-state index contributed by atoms with van der Waals surface area (Å²) in [6.07, 6.45) is 9.28. The van der Waals surface area contributed by atoms with Crippen molar-refractivity contribution in [1.82, 2.24) is 14.9 Å². The lowest BCUT2D eigenvalue weighted by molar-refractivity contribution is 0.252. The summed E-state index contributed by atoms with van der Waals surface area (Å²) in [5.41, 5.74) is 2.68. The van der Waals surface area contributed by atoms with Gasteiger partial charge in [0.1, 0.15) is 5.69 Å². The van der Waals surface area contributed by atoms with Gasteiger partial charge in [-0.05, 0) is 43.7 Å². The standard InChI is InChI=1S/C23H34N6O/c1-3-5-7-12-28-13-15-29(16-14-28)22-10-8-20(9-11-22)26-27-21-18-24-23(25-19-21)30-17-6-4-2/h8-11,18-19H,3-7,12-17H2,1-2H3. The maximum absolute atomic E-state index is 5.46. The fourth-order valence-corrected chi connectivity index (χ4v) is 3.40. The number of hydrogen-bond donors (Lipinski definition) is 0. The van der Waals surface area contributed by atoms with E-state index in [1.165, 1.54) is 31.5 Å². The molecule has 1 aromatic carbocycles. The van der Waals surface area contributed by atoms with Crippen LogP contribution in [0.5, 0.6) is 6.01 Å². The number of anilines is 1. The highest BCUT2D eigenvalue weighted by molar-refractivity contribution is 5.53. The molecule has 0 bridgehead atoms. The van der Waals surface area contributed by atoms with Gasteiger partial charge >= 0.3 is 6.01 Å². The van der Waals surface area contributed by atoms with Crippen LogP contribution in [-0.2, 0) is 0 Å². The summed E-state index contributed by atoms with van der Waals surface area (Å²) in [7, 11) is 0. The quantitative estimate of drug-likeness (QED) is 0.367. The Bertz CT molecular complexity index is 754. The van der Waals surface area contributed by atoms with E-state index in [1.54, 1.807) is 12.4 Å². The minimum atomic E-state index is 0.386. The van der Waals surface area contributed by atoms with Gasteiger partial charge < -0.3 is 9.64 Å². The second-order valence-electron chi connectivity index (χ2n) is 7.68. The minimum Gasteiger partial charge on any atom is -0.463 e. The lowest BCUT2D eigenvalue weighted by Gasteiger charge is -2.36. The van der Waals surface area contributed by atoms with E-state index in [0.29, 0.717) is 18.3 Å². The van der Waals surface area contributed by atoms with Gasteiger partial charge in [0.15, 0.2) is 0 Å². The molecule has 0 unspecified atom stereocenters. The van der Waals surface area contributed by atoms with Crippen molar-refractivity contribution >= 4 is 17.1 Å². The molecule has 7 nitrogen and oxygen atoms in total. The number of hydrogen-bond acceptors (Lipinski definition) is 7. The molecule has 7 heteroatoms. The molecule has 2 aromatic rings. The van der Waals surface area contributed by atoms with Crippen LogP contribution in [-0.4, -0.2) is 54.2 Å². The zero-order valence-corrected chi connectivity index (χ0v) is 18.3. The predicted octanol–water partition coefficient (Wildman–Crippen LogP) is 5.38. The van der Waals surface area contributed by atoms with Crippen LogP contribution in [0.1, 0.15) is 46.0 Å². The molecule has 3 rings (SSSR count). The van der Waals surface area contributed by atoms with E-state index in [0.717, 1.165) is 44.7 Å². The van der Waals surface area contributed by atoms with E-state index in [-0.39, 0.29) is 0 Å². The summed E-state index contributed by atoms with van der Waals surface area (Å²) in [6, 6.07) is 8.66. The maximum Gasteiger partial charge on any atom is 0.316 e. The van der Waals surface area contributed by atoms with Crippen LogP contribution in [0, 0.1) is 0 Å². The van der Waals surface area contributed by atoms with Crippen LogP contribution >= 0.6 is 0 Å². The van der Waals surface area contributed by atoms with Crippen LogP contribution in [0.15, 0.2) is 46.9 Å². The molecular formula is C23H34N6O. The number of azo groups is 1. The molecule has 1 fully saturated rings. The topological polar surface area (TPSA) is 66.2 Å². The Kier molecular flexibility index (Phi) is 9.03. The third kappa shape index (κ3) is 7.06. The van der Waals surface area contributed by atoms with Gasteiger partial charge in [-0.1, -0.05) is 33.1 Å². The van der Waals surface area contributed by atoms with Crippen molar-refractivity contribution in [2.75, 3.05) is 44.2 Å². The highest BCUT2D eigenvalue weighted by Gasteiger charge is 2.16. The van der Waals surface area contributed by atoms with E-state index in [2.05, 4.69) is 56.0 Å². The lowest BCUT2D eigenvalue weighted by atomic mass is 10.2. The predicted molar refractivity (Wildman–Crippen MR) is 121 cm³/mol. The van der Waals surface area contributed by atoms with Gasteiger partial charge in [0.05, 0.1) is 24.7 Å². The van der Waals surface area contributed by atoms with Crippen molar-refractivity contribution in [3.63, 3.8) is 0 Å². The molecular weight excluding hydrogens is 376 g/mol. The van der Waals surface area contributed by atoms with E-state index in [9.17, 15) is 0 Å². The Morgan fingerprint density at radius 1 is 0.833 bits per heavy atom. The Morgan fingerprint density at radius 2 is 1.50 bits per heavy atom. The number of unbranched alkanes of at least 4 members (excludes halogenated alkanes) is 3. The third-order valence-corrected chi connectivity index (χ3v) is 5.29. The molecule has 1 aromatic heterocycles. The van der Waals surface area contributed by atoms with Crippen LogP contribution < -0.4 is 9.64 Å². The average molecular weight is 411 g/mol. The fourth-order valence-electron chi connectivity index (χ4n) is 3.40. The number of nitrogens with zero attached hydrogens (tertiary/aromatic N) is 6. The van der Waals surface area contributed by atoms with E-state index < -0.39 is 0 Å². The Hall–Kier alpha value is -2.54. The number of aromatic nitrogens is 2. The Balaban J connectivity index is 1.46. The minimum absolute atomic E-state index is 0.386. The number of piperazine rings is 1. The van der Waals surface area contributed by atoms with Gasteiger partial charge in [0.25, 0.3) is 0 Å². The normalized spacial score (nSPS) is 15.1. The molecule has 0 aliphatic carbocycles. The van der Waals surface area contributed by atoms with Crippen LogP contribution in [0.4, 0.5) is 17.1 Å². The first-order chi connectivity index (χ1) is 14.8. The lowest BCUT2D eigenvalue weighted by Crippen LogP contribution is -2.46. The summed E-state index contributed by atoms with van der Waals surface area (Å²) in [4.78, 5) is 13.4. The smallest absolute Gasteiger partial charge is 0.316 e. The molecule has 2 heterocycles. The van der Waals surface area contributed by atoms with Gasteiger partial charge in [0.2, 0.25) is 0 Å². The van der Waals surface area contributed by atoms with Crippen molar-refractivity contribution in [2.45, 2.75) is 46.0 Å². The summed E-state index contributed by atoms with van der Waals surface area (Å²) in [5, 5.41) is 8.52. The van der Waals surface area contributed by atoms with Gasteiger partial charge in [0, 0.05) is 31.9 Å². The number of benzene rings is 1. The first-order valence-electron chi connectivity index (χ1n) is 11.2. The zero-order valence-electron chi connectivity index (χ0n) is 18.3. The average Bonchev–Trinajstić information content (AvgIpc) is 2.80. The largest absolute Gasteiger partial charge is 0.463 e. The summed E-state index contributed by atoms with van der Waals surface area (Å²) >= 11 is 0. The van der Waals surface area contributed by atoms with Gasteiger partial charge in [-0.2, -0.15) is 5.11 Å². The first kappa shape index (κ1) is 22.2. The number of rotatable bonds is 11. The first-order valence-corrected chi connectivity index (χ1v) is 11.2. The summed E-state index contributed by atoms with van der Waals surface area (Å²) < 4.78 is 5.46. The molecule has 0 amide bonds. The van der Waals surface area contributed by atoms with Gasteiger partial charge in [-0.25, -0.2) is 9.97 Å². The Morgan fingerprint density at radius 3 is 2.17 bits per heavy atom. The third-order valence-electron chi connectivity index (χ3n) is 5.29. The van der Waals surface area contributed by atoms with Crippen LogP contribution in [0.2, 0.25) is 0 Å². The van der Waals surface area contributed by atoms with Crippen LogP contribution in [0.25, 0.3) is 0 Å². The summed E-state index contributed by atoms with van der Waals surface area (Å²) in [6.45, 7) is 10.7. The molecule has 0 atom stereocenters. The molecule has 1 aliphatic heterocycles. The highest BCUT2D eigenvalue weighted by atomic mass is 16.5. The fraction of sp³-hybridized carbons (Fsp3) is 0.565. The van der Waals surface area contributed by atoms with Crippen molar-refractivity contribution in [3.8, 4) is 6.01 Å². The van der Waals surface area contributed by atoms with E-state index in [4.69, 9.17) is 4.74 Å². The van der Waals surface area contributed by atoms with Crippen molar-refractivity contribution < 1.29 is 4.74 Å². The van der Waals surface area contributed by atoms with Crippen LogP contribution in [0.3, 0.4) is 0 Å². The molecule has 1 saturated heterocycles. The summed E-state index contributed by atoms with van der Waals surface area (Å²) in [5.74, 6) is 0. The molecule has 0 N–H and O–H groups in total. The molecule has 30 heavy (non-hydrogen) atoms. The second-order valence-corrected chi connectivity index (χ2v) is 7.68. The number of ether oxygens (including phenoxy) is 1. The van der Waals surface area contributed by atoms with Gasteiger partial charge in [-0.15, -0.1) is 5.11 Å². The van der Waals surface area contributed by atoms with Gasteiger partial charge in [-0.3, -0.25) is 4.90 Å². The maximum atomic E-state index is 5.46. The monoisotopic (exact) mass is 410 g/mol. The van der Waals surface area contributed by atoms with Crippen molar-refractivity contribution in [3.05, 3.63) is 36.7 Å². The Labute approximate surface area is 180 Å². The molecule has 0 saturated carbocycles.